The number of fused-ring (bicyclic) bond motifs is 3. The normalized spacial score (nSPS) is 19.7. The van der Waals surface area contributed by atoms with Crippen LogP contribution in [0.15, 0.2) is 54.0 Å². The second kappa shape index (κ2) is 8.18. The zero-order chi connectivity index (χ0) is 22.2. The van der Waals surface area contributed by atoms with E-state index in [9.17, 15) is 0 Å². The van der Waals surface area contributed by atoms with Gasteiger partial charge in [0.15, 0.2) is 11.6 Å². The lowest BCUT2D eigenvalue weighted by molar-refractivity contribution is 0.497. The van der Waals surface area contributed by atoms with Gasteiger partial charge in [-0.25, -0.2) is 4.98 Å². The molecule has 3 aromatic rings. The Bertz CT molecular complexity index is 1160. The molecule has 5 rings (SSSR count). The number of aromatic nitrogens is 5. The summed E-state index contributed by atoms with van der Waals surface area (Å²) in [6, 6.07) is 10.7. The average molecular weight is 429 g/mol. The topological polar surface area (TPSA) is 75.3 Å². The van der Waals surface area contributed by atoms with Crippen LogP contribution in [0.2, 0.25) is 0 Å². The number of hydrazone groups is 1. The summed E-state index contributed by atoms with van der Waals surface area (Å²) in [6.45, 7) is 8.70. The molecule has 2 aromatic heterocycles. The molecule has 2 aliphatic rings. The number of rotatable bonds is 5. The third kappa shape index (κ3) is 3.26. The van der Waals surface area contributed by atoms with Crippen molar-refractivity contribution < 1.29 is 0 Å². The summed E-state index contributed by atoms with van der Waals surface area (Å²) in [6.07, 6.45) is 9.73. The number of hydrogen-bond acceptors (Lipinski definition) is 7. The van der Waals surface area contributed by atoms with Crippen LogP contribution < -0.4 is 9.91 Å². The predicted molar refractivity (Wildman–Crippen MR) is 127 cm³/mol. The molecule has 2 unspecified atom stereocenters. The molecule has 4 heterocycles. The fourth-order valence-electron chi connectivity index (χ4n) is 4.47. The molecule has 0 radical (unpaired) electrons. The maximum Gasteiger partial charge on any atom is 0.253 e. The van der Waals surface area contributed by atoms with Crippen LogP contribution >= 0.6 is 0 Å². The van der Waals surface area contributed by atoms with Gasteiger partial charge in [-0.05, 0) is 32.8 Å². The molecule has 0 aliphatic carbocycles. The summed E-state index contributed by atoms with van der Waals surface area (Å²) in [5.74, 6) is 2.65. The monoisotopic (exact) mass is 428 g/mol. The Kier molecular flexibility index (Phi) is 5.20. The van der Waals surface area contributed by atoms with Crippen molar-refractivity contribution in [2.75, 3.05) is 9.91 Å². The highest BCUT2D eigenvalue weighted by Gasteiger charge is 2.35. The Balaban J connectivity index is 1.63. The van der Waals surface area contributed by atoms with Crippen LogP contribution in [0, 0.1) is 5.92 Å². The number of hydrogen-bond donors (Lipinski definition) is 0. The first-order chi connectivity index (χ1) is 15.6. The van der Waals surface area contributed by atoms with Crippen LogP contribution in [0.1, 0.15) is 58.0 Å². The Morgan fingerprint density at radius 2 is 1.88 bits per heavy atom. The Morgan fingerprint density at radius 1 is 1.06 bits per heavy atom. The van der Waals surface area contributed by atoms with Crippen molar-refractivity contribution in [3.8, 4) is 5.69 Å². The molecule has 8 heteroatoms. The van der Waals surface area contributed by atoms with Crippen molar-refractivity contribution in [3.05, 3.63) is 60.3 Å². The molecule has 164 valence electrons. The standard InChI is InChI=1S/C24H28N8/c1-5-17-12-20(18-10-8-7-9-11-18)32(27-13-17)24-25-14-21-22(28-24)31(16(3)4)19(6-2)23-29-26-15-30(21)23/h7-17,19H,5-6H2,1-4H3. The predicted octanol–water partition coefficient (Wildman–Crippen LogP) is 4.61. The van der Waals surface area contributed by atoms with Crippen LogP contribution in [0.4, 0.5) is 11.8 Å². The van der Waals surface area contributed by atoms with E-state index in [4.69, 9.17) is 15.1 Å². The molecule has 2 atom stereocenters. The molecule has 0 saturated heterocycles. The molecule has 8 nitrogen and oxygen atoms in total. The van der Waals surface area contributed by atoms with Crippen molar-refractivity contribution in [2.45, 2.75) is 52.6 Å². The quantitative estimate of drug-likeness (QED) is 0.591. The van der Waals surface area contributed by atoms with Gasteiger partial charge in [0.05, 0.1) is 17.9 Å². The first-order valence-electron chi connectivity index (χ1n) is 11.3. The van der Waals surface area contributed by atoms with Crippen molar-refractivity contribution in [3.63, 3.8) is 0 Å². The minimum Gasteiger partial charge on any atom is -0.342 e. The summed E-state index contributed by atoms with van der Waals surface area (Å²) >= 11 is 0. The van der Waals surface area contributed by atoms with E-state index in [-0.39, 0.29) is 18.0 Å². The number of anilines is 2. The molecule has 2 aliphatic heterocycles. The molecule has 0 N–H and O–H groups in total. The smallest absolute Gasteiger partial charge is 0.253 e. The van der Waals surface area contributed by atoms with Gasteiger partial charge in [0.25, 0.3) is 5.95 Å². The van der Waals surface area contributed by atoms with Gasteiger partial charge in [-0.1, -0.05) is 44.2 Å². The van der Waals surface area contributed by atoms with E-state index < -0.39 is 0 Å². The maximum absolute atomic E-state index is 5.05. The molecule has 0 bridgehead atoms. The molecule has 1 aromatic carbocycles. The van der Waals surface area contributed by atoms with Crippen LogP contribution in [0.25, 0.3) is 11.4 Å². The molecule has 32 heavy (non-hydrogen) atoms. The lowest BCUT2D eigenvalue weighted by Crippen LogP contribution is -2.40. The summed E-state index contributed by atoms with van der Waals surface area (Å²) in [7, 11) is 0. The van der Waals surface area contributed by atoms with E-state index in [0.29, 0.717) is 5.95 Å². The van der Waals surface area contributed by atoms with E-state index >= 15 is 0 Å². The second-order valence-electron chi connectivity index (χ2n) is 8.43. The first kappa shape index (κ1) is 20.4. The van der Waals surface area contributed by atoms with Gasteiger partial charge >= 0.3 is 0 Å². The fourth-order valence-corrected chi connectivity index (χ4v) is 4.47. The Morgan fingerprint density at radius 3 is 2.59 bits per heavy atom. The molecule has 0 amide bonds. The first-order valence-corrected chi connectivity index (χ1v) is 11.3. The number of benzene rings is 1. The van der Waals surface area contributed by atoms with Gasteiger partial charge < -0.3 is 4.90 Å². The van der Waals surface area contributed by atoms with Gasteiger partial charge in [0.2, 0.25) is 0 Å². The third-order valence-electron chi connectivity index (χ3n) is 6.10. The summed E-state index contributed by atoms with van der Waals surface area (Å²) in [5.41, 5.74) is 2.99. The van der Waals surface area contributed by atoms with E-state index in [0.717, 1.165) is 41.4 Å². The lowest BCUT2D eigenvalue weighted by atomic mass is 10.0. The van der Waals surface area contributed by atoms with E-state index in [1.54, 1.807) is 6.33 Å². The Labute approximate surface area is 188 Å². The zero-order valence-electron chi connectivity index (χ0n) is 18.9. The fraction of sp³-hybridized carbons (Fsp3) is 0.375. The minimum atomic E-state index is 0.103. The largest absolute Gasteiger partial charge is 0.342 e. The second-order valence-corrected chi connectivity index (χ2v) is 8.43. The molecular formula is C24H28N8. The molecule has 0 saturated carbocycles. The highest BCUT2D eigenvalue weighted by Crippen LogP contribution is 2.40. The van der Waals surface area contributed by atoms with Gasteiger partial charge in [-0.15, -0.1) is 10.2 Å². The van der Waals surface area contributed by atoms with E-state index in [1.807, 2.05) is 40.2 Å². The van der Waals surface area contributed by atoms with Crippen molar-refractivity contribution in [1.29, 1.82) is 0 Å². The van der Waals surface area contributed by atoms with Gasteiger partial charge in [-0.2, -0.15) is 15.1 Å². The minimum absolute atomic E-state index is 0.103. The highest BCUT2D eigenvalue weighted by molar-refractivity contribution is 5.84. The third-order valence-corrected chi connectivity index (χ3v) is 6.10. The maximum atomic E-state index is 5.05. The number of allylic oxidation sites excluding steroid dienone is 1. The van der Waals surface area contributed by atoms with Gasteiger partial charge in [0, 0.05) is 23.7 Å². The van der Waals surface area contributed by atoms with Crippen LogP contribution in [0.5, 0.6) is 0 Å². The van der Waals surface area contributed by atoms with Crippen LogP contribution in [-0.4, -0.2) is 37.0 Å². The van der Waals surface area contributed by atoms with Gasteiger partial charge in [-0.3, -0.25) is 4.57 Å². The highest BCUT2D eigenvalue weighted by atomic mass is 15.5. The van der Waals surface area contributed by atoms with Crippen LogP contribution in [-0.2, 0) is 0 Å². The summed E-state index contributed by atoms with van der Waals surface area (Å²) in [4.78, 5) is 12.1. The van der Waals surface area contributed by atoms with E-state index in [2.05, 4.69) is 61.0 Å². The lowest BCUT2D eigenvalue weighted by Gasteiger charge is -2.39. The summed E-state index contributed by atoms with van der Waals surface area (Å²) in [5, 5.41) is 15.2. The van der Waals surface area contributed by atoms with Crippen LogP contribution in [0.3, 0.4) is 0 Å². The van der Waals surface area contributed by atoms with Gasteiger partial charge in [0.1, 0.15) is 12.0 Å². The van der Waals surface area contributed by atoms with Crippen molar-refractivity contribution >= 4 is 23.7 Å². The van der Waals surface area contributed by atoms with Crippen molar-refractivity contribution in [1.82, 2.24) is 24.7 Å². The molecule has 0 spiro atoms. The Hall–Kier alpha value is -3.55. The molecule has 0 fully saturated rings. The average Bonchev–Trinajstić information content (AvgIpc) is 3.32. The zero-order valence-corrected chi connectivity index (χ0v) is 18.9. The summed E-state index contributed by atoms with van der Waals surface area (Å²) < 4.78 is 2.01. The SMILES string of the molecule is CCC1C=NN(c2ncc3c(n2)N(C(C)C)C(CC)c2nncn2-3)C(c2ccccc2)=C1. The molecular weight excluding hydrogens is 400 g/mol. The van der Waals surface area contributed by atoms with E-state index in [1.165, 1.54) is 0 Å². The number of nitrogens with zero attached hydrogens (tertiary/aromatic N) is 8. The van der Waals surface area contributed by atoms with Crippen molar-refractivity contribution in [2.24, 2.45) is 11.0 Å².